The van der Waals surface area contributed by atoms with Crippen molar-refractivity contribution in [3.05, 3.63) is 28.8 Å². The Balaban J connectivity index is 1.92. The number of pyridine rings is 1. The van der Waals surface area contributed by atoms with Crippen LogP contribution in [0.4, 0.5) is 14.6 Å². The van der Waals surface area contributed by atoms with Gasteiger partial charge in [-0.25, -0.2) is 21.7 Å². The zero-order chi connectivity index (χ0) is 26.4. The van der Waals surface area contributed by atoms with E-state index >= 15 is 0 Å². The van der Waals surface area contributed by atoms with Crippen molar-refractivity contribution in [1.82, 2.24) is 19.7 Å². The number of halogens is 2. The molecule has 15 heteroatoms. The number of nitrogens with zero attached hydrogens (tertiary/aromatic N) is 6. The summed E-state index contributed by atoms with van der Waals surface area (Å²) >= 11 is 0.0583. The van der Waals surface area contributed by atoms with Crippen LogP contribution in [0.15, 0.2) is 17.0 Å². The van der Waals surface area contributed by atoms with E-state index < -0.39 is 32.1 Å². The molecule has 0 unspecified atom stereocenters. The van der Waals surface area contributed by atoms with Crippen LogP contribution in [0.25, 0.3) is 10.9 Å². The van der Waals surface area contributed by atoms with Crippen LogP contribution in [-0.4, -0.2) is 65.3 Å². The van der Waals surface area contributed by atoms with Gasteiger partial charge >= 0.3 is 0 Å². The smallest absolute Gasteiger partial charge is 0.285 e. The molecule has 2 aliphatic rings. The summed E-state index contributed by atoms with van der Waals surface area (Å²) in [7, 11) is -4.22. The Bertz CT molecular complexity index is 1430. The van der Waals surface area contributed by atoms with Crippen molar-refractivity contribution in [3.8, 4) is 12.1 Å². The molecule has 2 fully saturated rings. The van der Waals surface area contributed by atoms with Crippen LogP contribution < -0.4 is 14.9 Å². The molecular formula is C21H22F2N9O2S2-. The van der Waals surface area contributed by atoms with E-state index in [-0.39, 0.29) is 45.5 Å². The molecule has 1 saturated heterocycles. The van der Waals surface area contributed by atoms with Crippen molar-refractivity contribution < 1.29 is 17.2 Å². The molecule has 11 nitrogen and oxygen atoms in total. The summed E-state index contributed by atoms with van der Waals surface area (Å²) in [4.78, 5) is 1.64. The number of nitriles is 2. The fourth-order valence-corrected chi connectivity index (χ4v) is 6.17. The Kier molecular flexibility index (Phi) is 6.78. The quantitative estimate of drug-likeness (QED) is 0.373. The van der Waals surface area contributed by atoms with E-state index in [0.29, 0.717) is 31.7 Å². The highest BCUT2D eigenvalue weighted by atomic mass is 32.2. The van der Waals surface area contributed by atoms with Crippen molar-refractivity contribution in [1.29, 1.82) is 15.9 Å². The Morgan fingerprint density at radius 3 is 2.50 bits per heavy atom. The lowest BCUT2D eigenvalue weighted by atomic mass is 10.1. The van der Waals surface area contributed by atoms with Crippen LogP contribution in [0.1, 0.15) is 37.9 Å². The average Bonchev–Trinajstić information content (AvgIpc) is 3.46. The SMILES string of the molecule is C[C@H]1CN(c2cc(S(=O)(=O)NC3(C#N)CC3)cc3c(C(=[N-])SC(=N)C(F)F)c(C#N)nn23)C[C@H](C)N1. The minimum Gasteiger partial charge on any atom is -0.797 e. The second kappa shape index (κ2) is 9.40. The van der Waals surface area contributed by atoms with E-state index in [9.17, 15) is 33.1 Å². The fraction of sp³-hybridized carbons (Fsp3) is 0.476. The standard InChI is InChI=1S/C21H22F2N9O2S2/c1-11-8-31(9-12(2)28-11)16-6-13(36(33,34)30-21(10-25)3-4-21)5-15-17(14(7-24)29-32(15)16)19(26)35-20(27)18(22)23/h5-6,11-12,18,27-28,30H,3-4,8-9H2,1-2H3/q-1/t11-,12-/m0/s1. The third kappa shape index (κ3) is 4.92. The summed E-state index contributed by atoms with van der Waals surface area (Å²) in [6.07, 6.45) is -2.42. The number of alkyl halides is 2. The Hall–Kier alpha value is -3.11. The molecule has 3 N–H and O–H groups in total. The number of piperazine rings is 1. The summed E-state index contributed by atoms with van der Waals surface area (Å²) in [5, 5.41) is 42.7. The molecular weight excluding hydrogens is 512 g/mol. The second-order valence-corrected chi connectivity index (χ2v) is 11.6. The number of anilines is 1. The predicted octanol–water partition coefficient (Wildman–Crippen LogP) is 2.02. The zero-order valence-corrected chi connectivity index (χ0v) is 20.9. The minimum absolute atomic E-state index is 0.0165. The van der Waals surface area contributed by atoms with Gasteiger partial charge in [-0.1, -0.05) is 11.8 Å². The topological polar surface area (TPSA) is 172 Å². The summed E-state index contributed by atoms with van der Waals surface area (Å²) in [5.74, 6) is 0.305. The lowest BCUT2D eigenvalue weighted by molar-refractivity contribution is 0.228. The maximum absolute atomic E-state index is 13.3. The molecule has 0 amide bonds. The van der Waals surface area contributed by atoms with Crippen LogP contribution in [0.3, 0.4) is 0 Å². The van der Waals surface area contributed by atoms with Gasteiger partial charge in [-0.2, -0.15) is 20.3 Å². The Morgan fingerprint density at radius 2 is 1.97 bits per heavy atom. The van der Waals surface area contributed by atoms with E-state index in [4.69, 9.17) is 5.41 Å². The largest absolute Gasteiger partial charge is 0.797 e. The van der Waals surface area contributed by atoms with Crippen LogP contribution in [-0.2, 0) is 10.0 Å². The first-order chi connectivity index (χ1) is 16.9. The van der Waals surface area contributed by atoms with Crippen LogP contribution >= 0.6 is 11.8 Å². The third-order valence-electron chi connectivity index (χ3n) is 5.90. The number of rotatable bonds is 6. The number of fused-ring (bicyclic) bond motifs is 1. The van der Waals surface area contributed by atoms with E-state index in [1.165, 1.54) is 16.6 Å². The van der Waals surface area contributed by atoms with Crippen molar-refractivity contribution in [2.75, 3.05) is 18.0 Å². The summed E-state index contributed by atoms with van der Waals surface area (Å²) in [6, 6.07) is 6.38. The first-order valence-electron chi connectivity index (χ1n) is 10.9. The molecule has 0 spiro atoms. The first kappa shape index (κ1) is 26.0. The van der Waals surface area contributed by atoms with E-state index in [1.807, 2.05) is 30.9 Å². The van der Waals surface area contributed by atoms with Gasteiger partial charge in [0.2, 0.25) is 10.0 Å². The predicted molar refractivity (Wildman–Crippen MR) is 131 cm³/mol. The molecule has 36 heavy (non-hydrogen) atoms. The Morgan fingerprint density at radius 1 is 1.33 bits per heavy atom. The van der Waals surface area contributed by atoms with Crippen molar-refractivity contribution >= 4 is 43.2 Å². The number of aromatic nitrogens is 2. The van der Waals surface area contributed by atoms with Crippen LogP contribution in [0.5, 0.6) is 0 Å². The van der Waals surface area contributed by atoms with Gasteiger partial charge < -0.3 is 15.6 Å². The van der Waals surface area contributed by atoms with Gasteiger partial charge in [-0.3, -0.25) is 5.41 Å². The molecule has 1 saturated carbocycles. The third-order valence-corrected chi connectivity index (χ3v) is 8.21. The summed E-state index contributed by atoms with van der Waals surface area (Å²) in [6.45, 7) is 4.84. The molecule has 2 atom stereocenters. The highest BCUT2D eigenvalue weighted by Crippen LogP contribution is 2.37. The van der Waals surface area contributed by atoms with Gasteiger partial charge in [0.25, 0.3) is 6.43 Å². The number of hydrogen-bond donors (Lipinski definition) is 3. The van der Waals surface area contributed by atoms with Crippen molar-refractivity contribution in [3.63, 3.8) is 0 Å². The van der Waals surface area contributed by atoms with Gasteiger partial charge in [-0.05, 0) is 32.8 Å². The lowest BCUT2D eigenvalue weighted by Crippen LogP contribution is -2.54. The van der Waals surface area contributed by atoms with Crippen molar-refractivity contribution in [2.24, 2.45) is 0 Å². The molecule has 1 aliphatic heterocycles. The molecule has 2 aromatic rings. The van der Waals surface area contributed by atoms with E-state index in [0.717, 1.165) is 0 Å². The number of nitrogens with one attached hydrogen (secondary N) is 3. The van der Waals surface area contributed by atoms with Gasteiger partial charge in [0.1, 0.15) is 22.5 Å². The van der Waals surface area contributed by atoms with Crippen LogP contribution in [0.2, 0.25) is 0 Å². The first-order valence-corrected chi connectivity index (χ1v) is 13.2. The zero-order valence-electron chi connectivity index (χ0n) is 19.3. The molecule has 1 aliphatic carbocycles. The average molecular weight is 535 g/mol. The van der Waals surface area contributed by atoms with Gasteiger partial charge in [0.05, 0.1) is 16.5 Å². The normalized spacial score (nSPS) is 21.2. The van der Waals surface area contributed by atoms with Gasteiger partial charge in [0, 0.05) is 36.8 Å². The Labute approximate surface area is 210 Å². The summed E-state index contributed by atoms with van der Waals surface area (Å²) < 4.78 is 56.2. The summed E-state index contributed by atoms with van der Waals surface area (Å²) in [5.41, 5.74) is -1.79. The maximum Gasteiger partial charge on any atom is 0.285 e. The molecule has 4 rings (SSSR count). The minimum atomic E-state index is -4.22. The fourth-order valence-electron chi connectivity index (χ4n) is 4.16. The highest BCUT2D eigenvalue weighted by Gasteiger charge is 2.47. The van der Waals surface area contributed by atoms with E-state index in [1.54, 1.807) is 0 Å². The van der Waals surface area contributed by atoms with Crippen LogP contribution in [0, 0.1) is 28.1 Å². The number of hydrogen-bond acceptors (Lipinski definition) is 9. The van der Waals surface area contributed by atoms with Gasteiger partial charge in [-0.15, -0.1) is 5.04 Å². The molecule has 0 aromatic carbocycles. The molecule has 0 bridgehead atoms. The second-order valence-electron chi connectivity index (χ2n) is 8.93. The molecule has 0 radical (unpaired) electrons. The van der Waals surface area contributed by atoms with Crippen molar-refractivity contribution in [2.45, 2.75) is 55.6 Å². The maximum atomic E-state index is 13.3. The monoisotopic (exact) mass is 534 g/mol. The molecule has 2 aromatic heterocycles. The van der Waals surface area contributed by atoms with Gasteiger partial charge in [0.15, 0.2) is 5.69 Å². The van der Waals surface area contributed by atoms with E-state index in [2.05, 4.69) is 15.1 Å². The number of thioether (sulfide) groups is 1. The lowest BCUT2D eigenvalue weighted by Gasteiger charge is -2.37. The number of sulfonamides is 1. The highest BCUT2D eigenvalue weighted by molar-refractivity contribution is 8.27. The molecule has 3 heterocycles. The molecule has 190 valence electrons.